The van der Waals surface area contributed by atoms with E-state index in [2.05, 4.69) is 13.8 Å². The molecule has 88 valence electrons. The van der Waals surface area contributed by atoms with Gasteiger partial charge in [-0.25, -0.2) is 0 Å². The average molecular weight is 212 g/mol. The van der Waals surface area contributed by atoms with Crippen LogP contribution in [0.5, 0.6) is 0 Å². The zero-order valence-electron chi connectivity index (χ0n) is 10.2. The zero-order valence-corrected chi connectivity index (χ0v) is 10.2. The summed E-state index contributed by atoms with van der Waals surface area (Å²) in [4.78, 5) is 0. The van der Waals surface area contributed by atoms with Crippen LogP contribution in [-0.4, -0.2) is 17.2 Å². The molecule has 2 N–H and O–H groups in total. The summed E-state index contributed by atoms with van der Waals surface area (Å²) in [5.41, 5.74) is 0. The summed E-state index contributed by atoms with van der Waals surface area (Å²) in [6, 6.07) is 0. The van der Waals surface area contributed by atoms with Crippen molar-refractivity contribution in [3.8, 4) is 0 Å². The van der Waals surface area contributed by atoms with E-state index in [9.17, 15) is 10.0 Å². The molecular weight excluding hydrogens is 187 g/mol. The average Bonchev–Trinajstić information content (AvgIpc) is 2.20. The Morgan fingerprint density at radius 3 is 2.53 bits per heavy atom. The Morgan fingerprint density at radius 2 is 1.93 bits per heavy atom. The van der Waals surface area contributed by atoms with Gasteiger partial charge in [0.15, 0.2) is 0 Å². The summed E-state index contributed by atoms with van der Waals surface area (Å²) in [6.07, 6.45) is 8.61. The molecule has 0 radical (unpaired) electrons. The van der Waals surface area contributed by atoms with Crippen molar-refractivity contribution >= 4 is 7.12 Å². The van der Waals surface area contributed by atoms with Crippen LogP contribution >= 0.6 is 0 Å². The number of hydrogen-bond acceptors (Lipinski definition) is 2. The maximum absolute atomic E-state index is 9.29. The fourth-order valence-electron chi connectivity index (χ4n) is 2.98. The van der Waals surface area contributed by atoms with E-state index in [0.29, 0.717) is 5.92 Å². The fraction of sp³-hybridized carbons (Fsp3) is 1.00. The Labute approximate surface area is 94.2 Å². The van der Waals surface area contributed by atoms with Crippen molar-refractivity contribution in [3.05, 3.63) is 0 Å². The van der Waals surface area contributed by atoms with Gasteiger partial charge >= 0.3 is 7.12 Å². The smallest absolute Gasteiger partial charge is 0.427 e. The zero-order chi connectivity index (χ0) is 11.3. The minimum atomic E-state index is -1.10. The molecule has 0 spiro atoms. The molecule has 0 aromatic heterocycles. The van der Waals surface area contributed by atoms with E-state index in [1.54, 1.807) is 0 Å². The fourth-order valence-corrected chi connectivity index (χ4v) is 2.98. The maximum Gasteiger partial charge on any atom is 0.455 e. The van der Waals surface area contributed by atoms with Crippen LogP contribution in [-0.2, 0) is 0 Å². The Bertz CT molecular complexity index is 173. The lowest BCUT2D eigenvalue weighted by atomic mass is 9.56. The molecule has 15 heavy (non-hydrogen) atoms. The molecule has 0 aromatic carbocycles. The van der Waals surface area contributed by atoms with Crippen molar-refractivity contribution in [1.82, 2.24) is 0 Å². The molecule has 1 saturated carbocycles. The second-order valence-corrected chi connectivity index (χ2v) is 5.12. The molecule has 2 nitrogen and oxygen atoms in total. The summed E-state index contributed by atoms with van der Waals surface area (Å²) >= 11 is 0. The number of unbranched alkanes of at least 4 members (excludes halogenated alkanes) is 2. The lowest BCUT2D eigenvalue weighted by Gasteiger charge is -2.35. The topological polar surface area (TPSA) is 40.5 Å². The van der Waals surface area contributed by atoms with Gasteiger partial charge in [0, 0.05) is 0 Å². The molecule has 1 rings (SSSR count). The Hall–Kier alpha value is -0.0151. The number of rotatable bonds is 5. The first-order chi connectivity index (χ1) is 7.16. The van der Waals surface area contributed by atoms with Crippen molar-refractivity contribution in [2.24, 2.45) is 11.8 Å². The molecule has 0 amide bonds. The molecule has 0 bridgehead atoms. The standard InChI is InChI=1S/C12H25BO2/c1-3-4-5-7-11-8-6-9-12(10(11)2)13(14)15/h10-12,14-15H,3-9H2,1-2H3. The summed E-state index contributed by atoms with van der Waals surface area (Å²) < 4.78 is 0. The van der Waals surface area contributed by atoms with Gasteiger partial charge in [0.05, 0.1) is 0 Å². The Morgan fingerprint density at radius 1 is 1.20 bits per heavy atom. The minimum Gasteiger partial charge on any atom is -0.427 e. The van der Waals surface area contributed by atoms with E-state index in [1.807, 2.05) is 0 Å². The van der Waals surface area contributed by atoms with Gasteiger partial charge in [0.2, 0.25) is 0 Å². The van der Waals surface area contributed by atoms with Crippen LogP contribution in [0.3, 0.4) is 0 Å². The molecule has 0 aliphatic heterocycles. The van der Waals surface area contributed by atoms with E-state index in [1.165, 1.54) is 38.5 Å². The van der Waals surface area contributed by atoms with Crippen molar-refractivity contribution in [2.45, 2.75) is 64.6 Å². The predicted octanol–water partition coefficient (Wildman–Crippen LogP) is 2.85. The van der Waals surface area contributed by atoms with E-state index in [-0.39, 0.29) is 5.82 Å². The molecule has 1 aliphatic carbocycles. The van der Waals surface area contributed by atoms with Gasteiger partial charge in [-0.1, -0.05) is 58.8 Å². The summed E-state index contributed by atoms with van der Waals surface area (Å²) in [5.74, 6) is 1.32. The third-order valence-electron chi connectivity index (χ3n) is 4.09. The van der Waals surface area contributed by atoms with Crippen LogP contribution in [0.2, 0.25) is 5.82 Å². The number of hydrogen-bond donors (Lipinski definition) is 2. The van der Waals surface area contributed by atoms with E-state index in [0.717, 1.165) is 12.3 Å². The molecule has 0 aromatic rings. The highest BCUT2D eigenvalue weighted by Crippen LogP contribution is 2.41. The van der Waals surface area contributed by atoms with E-state index < -0.39 is 7.12 Å². The molecule has 3 unspecified atom stereocenters. The van der Waals surface area contributed by atoms with Gasteiger partial charge in [-0.3, -0.25) is 0 Å². The third-order valence-corrected chi connectivity index (χ3v) is 4.09. The lowest BCUT2D eigenvalue weighted by molar-refractivity contribution is 0.208. The first-order valence-corrected chi connectivity index (χ1v) is 6.53. The second kappa shape index (κ2) is 6.54. The van der Waals surface area contributed by atoms with Crippen molar-refractivity contribution < 1.29 is 10.0 Å². The predicted molar refractivity (Wildman–Crippen MR) is 64.6 cm³/mol. The van der Waals surface area contributed by atoms with Gasteiger partial charge < -0.3 is 10.0 Å². The maximum atomic E-state index is 9.29. The molecule has 1 aliphatic rings. The largest absolute Gasteiger partial charge is 0.455 e. The van der Waals surface area contributed by atoms with E-state index in [4.69, 9.17) is 0 Å². The van der Waals surface area contributed by atoms with Gasteiger partial charge in [-0.2, -0.15) is 0 Å². The normalized spacial score (nSPS) is 31.6. The van der Waals surface area contributed by atoms with Gasteiger partial charge in [-0.15, -0.1) is 0 Å². The Balaban J connectivity index is 2.36. The highest BCUT2D eigenvalue weighted by atomic mass is 16.4. The third kappa shape index (κ3) is 3.80. The van der Waals surface area contributed by atoms with Crippen LogP contribution in [0.1, 0.15) is 58.8 Å². The van der Waals surface area contributed by atoms with Gasteiger partial charge in [0.25, 0.3) is 0 Å². The molecular formula is C12H25BO2. The van der Waals surface area contributed by atoms with Crippen LogP contribution in [0.4, 0.5) is 0 Å². The second-order valence-electron chi connectivity index (χ2n) is 5.12. The quantitative estimate of drug-likeness (QED) is 0.543. The van der Waals surface area contributed by atoms with Crippen molar-refractivity contribution in [1.29, 1.82) is 0 Å². The molecule has 0 heterocycles. The minimum absolute atomic E-state index is 0.116. The first-order valence-electron chi connectivity index (χ1n) is 6.53. The molecule has 3 atom stereocenters. The van der Waals surface area contributed by atoms with Gasteiger partial charge in [0.1, 0.15) is 0 Å². The molecule has 1 fully saturated rings. The summed E-state index contributed by atoms with van der Waals surface area (Å²) in [7, 11) is -1.10. The molecule has 0 saturated heterocycles. The van der Waals surface area contributed by atoms with Crippen molar-refractivity contribution in [2.75, 3.05) is 0 Å². The summed E-state index contributed by atoms with van der Waals surface area (Å²) in [6.45, 7) is 4.42. The van der Waals surface area contributed by atoms with Crippen LogP contribution in [0, 0.1) is 11.8 Å². The first kappa shape index (κ1) is 13.1. The molecule has 3 heteroatoms. The van der Waals surface area contributed by atoms with Crippen LogP contribution in [0.15, 0.2) is 0 Å². The monoisotopic (exact) mass is 212 g/mol. The van der Waals surface area contributed by atoms with Crippen LogP contribution < -0.4 is 0 Å². The Kier molecular flexibility index (Phi) is 5.69. The highest BCUT2D eigenvalue weighted by Gasteiger charge is 2.36. The SMILES string of the molecule is CCCCCC1CCCC(B(O)O)C1C. The van der Waals surface area contributed by atoms with Gasteiger partial charge in [-0.05, 0) is 17.7 Å². The highest BCUT2D eigenvalue weighted by molar-refractivity contribution is 6.43. The summed E-state index contributed by atoms with van der Waals surface area (Å²) in [5, 5.41) is 18.6. The lowest BCUT2D eigenvalue weighted by Crippen LogP contribution is -2.33. The van der Waals surface area contributed by atoms with Crippen molar-refractivity contribution in [3.63, 3.8) is 0 Å². The van der Waals surface area contributed by atoms with Crippen LogP contribution in [0.25, 0.3) is 0 Å². The van der Waals surface area contributed by atoms with E-state index >= 15 is 0 Å².